The summed E-state index contributed by atoms with van der Waals surface area (Å²) in [7, 11) is 0. The van der Waals surface area contributed by atoms with Crippen LogP contribution in [0.1, 0.15) is 74.6 Å². The highest BCUT2D eigenvalue weighted by Gasteiger charge is 2.23. The average Bonchev–Trinajstić information content (AvgIpc) is 2.93. The van der Waals surface area contributed by atoms with Gasteiger partial charge in [0.25, 0.3) is 0 Å². The minimum atomic E-state index is -1.56. The van der Waals surface area contributed by atoms with Crippen LogP contribution in [0.15, 0.2) is 72.8 Å². The quantitative estimate of drug-likeness (QED) is 0.129. The van der Waals surface area contributed by atoms with E-state index in [0.717, 1.165) is 30.3 Å². The average molecular weight is 546 g/mol. The zero-order valence-electron chi connectivity index (χ0n) is 21.0. The Balaban J connectivity index is 1.70. The summed E-state index contributed by atoms with van der Waals surface area (Å²) in [6, 6.07) is 12.4. The summed E-state index contributed by atoms with van der Waals surface area (Å²) in [5, 5.41) is 28.0. The summed E-state index contributed by atoms with van der Waals surface area (Å²) < 4.78 is 10.6. The number of hydrogen-bond donors (Lipinski definition) is 3. The monoisotopic (exact) mass is 546 g/mol. The van der Waals surface area contributed by atoms with Crippen LogP contribution in [0, 0.1) is 0 Å². The molecule has 0 aliphatic carbocycles. The lowest BCUT2D eigenvalue weighted by Crippen LogP contribution is -2.17. The van der Waals surface area contributed by atoms with Crippen LogP contribution in [0.2, 0.25) is 0 Å². The lowest BCUT2D eigenvalue weighted by molar-refractivity contribution is 0.0441. The van der Waals surface area contributed by atoms with Crippen molar-refractivity contribution in [3.63, 3.8) is 0 Å². The van der Waals surface area contributed by atoms with Crippen molar-refractivity contribution >= 4 is 35.4 Å². The number of carboxylic acids is 3. The van der Waals surface area contributed by atoms with E-state index in [1.807, 2.05) is 0 Å². The fourth-order valence-electron chi connectivity index (χ4n) is 3.58. The molecule has 0 saturated carbocycles. The number of esters is 1. The van der Waals surface area contributed by atoms with Crippen LogP contribution in [0.4, 0.5) is 0 Å². The molecule has 0 aromatic heterocycles. The first-order valence-corrected chi connectivity index (χ1v) is 11.5. The van der Waals surface area contributed by atoms with Gasteiger partial charge in [-0.2, -0.15) is 0 Å². The van der Waals surface area contributed by atoms with Gasteiger partial charge >= 0.3 is 23.9 Å². The molecular formula is C29H22O11. The first-order valence-electron chi connectivity index (χ1n) is 11.5. The third-order valence-corrected chi connectivity index (χ3v) is 5.56. The number of allylic oxidation sites excluding steroid dienone is 1. The lowest BCUT2D eigenvalue weighted by atomic mass is 9.95. The van der Waals surface area contributed by atoms with Crippen LogP contribution in [-0.4, -0.2) is 64.0 Å². The molecule has 0 saturated heterocycles. The van der Waals surface area contributed by atoms with E-state index in [4.69, 9.17) is 14.6 Å². The van der Waals surface area contributed by atoms with Gasteiger partial charge in [-0.15, -0.1) is 0 Å². The van der Waals surface area contributed by atoms with Crippen LogP contribution in [0.5, 0.6) is 5.75 Å². The Morgan fingerprint density at radius 3 is 1.62 bits per heavy atom. The number of carbonyl (C=O) groups is 6. The van der Waals surface area contributed by atoms with Gasteiger partial charge in [0, 0.05) is 16.7 Å². The Kier molecular flexibility index (Phi) is 8.92. The van der Waals surface area contributed by atoms with E-state index in [-0.39, 0.29) is 35.7 Å². The minimum Gasteiger partial charge on any atom is -0.490 e. The highest BCUT2D eigenvalue weighted by atomic mass is 16.6. The zero-order valence-corrected chi connectivity index (χ0v) is 21.0. The topological polar surface area (TPSA) is 182 Å². The normalized spacial score (nSPS) is 10.3. The standard InChI is InChI=1S/C29H22O11/c1-15(2)24(30)16-3-7-19(8-4-16)39-11-12-40-29(38)21-10-6-18(14-23(21)28(36)37)25(31)17-5-9-20(26(32)33)22(13-17)27(34)35/h3-10,13-14H,1,11-12H2,2H3,(H,32,33)(H,34,35)(H,36,37). The number of ketones is 2. The van der Waals surface area contributed by atoms with E-state index in [1.54, 1.807) is 31.2 Å². The van der Waals surface area contributed by atoms with E-state index >= 15 is 0 Å². The molecule has 0 heterocycles. The van der Waals surface area contributed by atoms with E-state index < -0.39 is 46.4 Å². The molecule has 0 aliphatic heterocycles. The maximum Gasteiger partial charge on any atom is 0.339 e. The predicted octanol–water partition coefficient (Wildman–Crippen LogP) is 4.01. The molecule has 204 valence electrons. The van der Waals surface area contributed by atoms with Crippen molar-refractivity contribution in [1.29, 1.82) is 0 Å². The van der Waals surface area contributed by atoms with E-state index in [2.05, 4.69) is 6.58 Å². The Hall–Kier alpha value is -5.58. The lowest BCUT2D eigenvalue weighted by Gasteiger charge is -2.11. The second-order valence-corrected chi connectivity index (χ2v) is 8.38. The number of carboxylic acid groups (broad SMARTS) is 3. The third kappa shape index (κ3) is 6.64. The van der Waals surface area contributed by atoms with Crippen molar-refractivity contribution in [3.8, 4) is 5.75 Å². The number of carbonyl (C=O) groups excluding carboxylic acids is 3. The number of ether oxygens (including phenoxy) is 2. The molecule has 3 aromatic carbocycles. The molecule has 0 radical (unpaired) electrons. The molecule has 3 rings (SSSR count). The van der Waals surface area contributed by atoms with E-state index in [9.17, 15) is 39.0 Å². The molecule has 11 nitrogen and oxygen atoms in total. The maximum atomic E-state index is 12.9. The molecule has 0 aliphatic rings. The summed E-state index contributed by atoms with van der Waals surface area (Å²) in [4.78, 5) is 71.8. The number of aromatic carboxylic acids is 3. The summed E-state index contributed by atoms with van der Waals surface area (Å²) in [6.45, 7) is 4.89. The molecule has 40 heavy (non-hydrogen) atoms. The smallest absolute Gasteiger partial charge is 0.339 e. The molecule has 3 N–H and O–H groups in total. The number of Topliss-reactive ketones (excluding diaryl/α,β-unsaturated/α-hetero) is 1. The Labute approximate surface area is 226 Å². The van der Waals surface area contributed by atoms with Crippen LogP contribution in [0.3, 0.4) is 0 Å². The van der Waals surface area contributed by atoms with E-state index in [0.29, 0.717) is 16.9 Å². The van der Waals surface area contributed by atoms with Crippen molar-refractivity contribution < 1.29 is 53.6 Å². The Morgan fingerprint density at radius 1 is 0.650 bits per heavy atom. The van der Waals surface area contributed by atoms with Crippen molar-refractivity contribution in [2.24, 2.45) is 0 Å². The van der Waals surface area contributed by atoms with Crippen molar-refractivity contribution in [2.45, 2.75) is 6.92 Å². The Bertz CT molecular complexity index is 1550. The maximum absolute atomic E-state index is 12.9. The molecular weight excluding hydrogens is 524 g/mol. The fraction of sp³-hybridized carbons (Fsp3) is 0.103. The second-order valence-electron chi connectivity index (χ2n) is 8.38. The minimum absolute atomic E-state index is 0.0727. The highest BCUT2D eigenvalue weighted by Crippen LogP contribution is 2.20. The van der Waals surface area contributed by atoms with Gasteiger partial charge in [-0.05, 0) is 61.0 Å². The van der Waals surface area contributed by atoms with Gasteiger partial charge in [0.2, 0.25) is 0 Å². The summed E-state index contributed by atoms with van der Waals surface area (Å²) in [5.74, 6) is -6.14. The Morgan fingerprint density at radius 2 is 1.12 bits per heavy atom. The summed E-state index contributed by atoms with van der Waals surface area (Å²) >= 11 is 0. The van der Waals surface area contributed by atoms with Gasteiger partial charge in [0.15, 0.2) is 11.6 Å². The van der Waals surface area contributed by atoms with E-state index in [1.165, 1.54) is 6.07 Å². The van der Waals surface area contributed by atoms with Crippen LogP contribution >= 0.6 is 0 Å². The SMILES string of the molecule is C=C(C)C(=O)c1ccc(OCCOC(=O)c2ccc(C(=O)c3ccc(C(=O)O)c(C(=O)O)c3)cc2C(=O)O)cc1. The number of benzene rings is 3. The molecule has 0 bridgehead atoms. The van der Waals surface area contributed by atoms with Crippen molar-refractivity contribution in [1.82, 2.24) is 0 Å². The van der Waals surface area contributed by atoms with Crippen molar-refractivity contribution in [2.75, 3.05) is 13.2 Å². The van der Waals surface area contributed by atoms with Crippen LogP contribution < -0.4 is 4.74 Å². The first kappa shape index (κ1) is 29.0. The zero-order chi connectivity index (χ0) is 29.6. The molecule has 0 unspecified atom stereocenters. The third-order valence-electron chi connectivity index (χ3n) is 5.56. The van der Waals surface area contributed by atoms with Gasteiger partial charge < -0.3 is 24.8 Å². The molecule has 0 fully saturated rings. The fourth-order valence-corrected chi connectivity index (χ4v) is 3.58. The second kappa shape index (κ2) is 12.3. The number of rotatable bonds is 12. The molecule has 0 spiro atoms. The summed E-state index contributed by atoms with van der Waals surface area (Å²) in [5.41, 5.74) is -1.54. The van der Waals surface area contributed by atoms with Gasteiger partial charge in [-0.1, -0.05) is 18.7 Å². The number of hydrogen-bond acceptors (Lipinski definition) is 8. The van der Waals surface area contributed by atoms with Gasteiger partial charge in [0.1, 0.15) is 19.0 Å². The van der Waals surface area contributed by atoms with Crippen molar-refractivity contribution in [3.05, 3.63) is 112 Å². The first-order chi connectivity index (χ1) is 18.9. The predicted molar refractivity (Wildman–Crippen MR) is 139 cm³/mol. The highest BCUT2D eigenvalue weighted by molar-refractivity contribution is 6.13. The molecule has 0 atom stereocenters. The largest absolute Gasteiger partial charge is 0.490 e. The molecule has 3 aromatic rings. The van der Waals surface area contributed by atoms with Gasteiger partial charge in [-0.25, -0.2) is 19.2 Å². The molecule has 11 heteroatoms. The summed E-state index contributed by atoms with van der Waals surface area (Å²) in [6.07, 6.45) is 0. The van der Waals surface area contributed by atoms with Crippen LogP contribution in [0.25, 0.3) is 0 Å². The van der Waals surface area contributed by atoms with Gasteiger partial charge in [-0.3, -0.25) is 9.59 Å². The van der Waals surface area contributed by atoms with Gasteiger partial charge in [0.05, 0.1) is 22.3 Å². The van der Waals surface area contributed by atoms with Crippen LogP contribution in [-0.2, 0) is 4.74 Å². The molecule has 0 amide bonds.